The van der Waals surface area contributed by atoms with Crippen LogP contribution in [0.5, 0.6) is 0 Å². The largest absolute Gasteiger partial charge is 0.449 e. The van der Waals surface area contributed by atoms with Gasteiger partial charge in [-0.25, -0.2) is 13.4 Å². The lowest BCUT2D eigenvalue weighted by Crippen LogP contribution is -2.22. The van der Waals surface area contributed by atoms with Crippen molar-refractivity contribution < 1.29 is 26.4 Å². The molecule has 2 aromatic carbocycles. The maximum absolute atomic E-state index is 12.7. The molecule has 10 heteroatoms. The molecule has 0 unspecified atom stereocenters. The van der Waals surface area contributed by atoms with Gasteiger partial charge in [0.25, 0.3) is 5.91 Å². The number of amides is 1. The molecule has 0 saturated carbocycles. The summed E-state index contributed by atoms with van der Waals surface area (Å²) in [7, 11) is -3.30. The van der Waals surface area contributed by atoms with Crippen molar-refractivity contribution in [1.82, 2.24) is 15.3 Å². The van der Waals surface area contributed by atoms with Crippen molar-refractivity contribution >= 4 is 26.8 Å². The van der Waals surface area contributed by atoms with Crippen molar-refractivity contribution in [3.05, 3.63) is 59.4 Å². The highest BCUT2D eigenvalue weighted by Gasteiger charge is 2.34. The molecule has 6 nitrogen and oxygen atoms in total. The number of imidazole rings is 1. The number of nitrogens with zero attached hydrogens (tertiary/aromatic N) is 1. The first kappa shape index (κ1) is 19.9. The van der Waals surface area contributed by atoms with Crippen molar-refractivity contribution in [2.45, 2.75) is 24.5 Å². The number of H-pyrrole nitrogens is 1. The van der Waals surface area contributed by atoms with E-state index in [0.717, 1.165) is 0 Å². The smallest absolute Gasteiger partial charge is 0.348 e. The van der Waals surface area contributed by atoms with Crippen LogP contribution < -0.4 is 5.32 Å². The molecule has 0 aliphatic carbocycles. The lowest BCUT2D eigenvalue weighted by molar-refractivity contribution is -0.144. The Morgan fingerprint density at radius 1 is 1.14 bits per heavy atom. The van der Waals surface area contributed by atoms with Gasteiger partial charge in [-0.15, -0.1) is 0 Å². The third kappa shape index (κ3) is 4.16. The number of hydrogen-bond acceptors (Lipinski definition) is 4. The summed E-state index contributed by atoms with van der Waals surface area (Å²) in [6, 6.07) is 10.1. The van der Waals surface area contributed by atoms with Gasteiger partial charge in [-0.1, -0.05) is 19.1 Å². The third-order valence-corrected chi connectivity index (χ3v) is 5.88. The molecule has 2 N–H and O–H groups in total. The molecule has 0 fully saturated rings. The monoisotopic (exact) mass is 411 g/mol. The minimum atomic E-state index is -4.60. The van der Waals surface area contributed by atoms with Crippen molar-refractivity contribution in [1.29, 1.82) is 0 Å². The zero-order valence-electron chi connectivity index (χ0n) is 14.7. The van der Waals surface area contributed by atoms with E-state index in [1.807, 2.05) is 0 Å². The summed E-state index contributed by atoms with van der Waals surface area (Å²) in [5.41, 5.74) is 1.06. The van der Waals surface area contributed by atoms with Crippen molar-refractivity contribution in [3.63, 3.8) is 0 Å². The summed E-state index contributed by atoms with van der Waals surface area (Å²) in [4.78, 5) is 18.1. The number of aromatic nitrogens is 2. The minimum absolute atomic E-state index is 0.00516. The van der Waals surface area contributed by atoms with Crippen LogP contribution in [0.3, 0.4) is 0 Å². The molecular weight excluding hydrogens is 395 g/mol. The minimum Gasteiger partial charge on any atom is -0.348 e. The number of halogens is 3. The molecule has 0 aliphatic rings. The molecule has 0 saturated heterocycles. The van der Waals surface area contributed by atoms with Crippen LogP contribution in [-0.2, 0) is 22.6 Å². The van der Waals surface area contributed by atoms with Crippen LogP contribution in [0.2, 0.25) is 0 Å². The molecule has 1 aromatic heterocycles. The lowest BCUT2D eigenvalue weighted by Gasteiger charge is -2.07. The topological polar surface area (TPSA) is 91.9 Å². The molecule has 0 radical (unpaired) electrons. The van der Waals surface area contributed by atoms with Crippen LogP contribution in [-0.4, -0.2) is 30.0 Å². The molecule has 0 aliphatic heterocycles. The predicted molar refractivity (Wildman–Crippen MR) is 96.4 cm³/mol. The van der Waals surface area contributed by atoms with Gasteiger partial charge in [-0.05, 0) is 35.9 Å². The Labute approximate surface area is 158 Å². The average molecular weight is 411 g/mol. The summed E-state index contributed by atoms with van der Waals surface area (Å²) in [5, 5.41) is 2.64. The molecule has 1 heterocycles. The van der Waals surface area contributed by atoms with Gasteiger partial charge in [0.05, 0.1) is 21.7 Å². The number of carbonyl (C=O) groups excluding carboxylic acids is 1. The van der Waals surface area contributed by atoms with Gasteiger partial charge in [-0.3, -0.25) is 4.79 Å². The normalized spacial score (nSPS) is 12.3. The van der Waals surface area contributed by atoms with E-state index in [-0.39, 0.29) is 33.8 Å². The van der Waals surface area contributed by atoms with Gasteiger partial charge in [-0.2, -0.15) is 13.2 Å². The van der Waals surface area contributed by atoms with Crippen LogP contribution >= 0.6 is 0 Å². The van der Waals surface area contributed by atoms with Gasteiger partial charge in [0.15, 0.2) is 9.84 Å². The molecule has 0 atom stereocenters. The third-order valence-electron chi connectivity index (χ3n) is 4.13. The van der Waals surface area contributed by atoms with Crippen LogP contribution in [0.1, 0.15) is 28.7 Å². The Morgan fingerprint density at radius 2 is 1.82 bits per heavy atom. The summed E-state index contributed by atoms with van der Waals surface area (Å²) >= 11 is 0. The van der Waals surface area contributed by atoms with E-state index in [9.17, 15) is 26.4 Å². The molecule has 3 aromatic rings. The summed E-state index contributed by atoms with van der Waals surface area (Å²) in [6.07, 6.45) is -4.60. The van der Waals surface area contributed by atoms with Crippen LogP contribution in [0, 0.1) is 0 Å². The van der Waals surface area contributed by atoms with E-state index in [2.05, 4.69) is 15.3 Å². The van der Waals surface area contributed by atoms with Crippen LogP contribution in [0.25, 0.3) is 11.0 Å². The summed E-state index contributed by atoms with van der Waals surface area (Å²) < 4.78 is 61.7. The number of hydrogen-bond donors (Lipinski definition) is 2. The number of alkyl halides is 3. The highest BCUT2D eigenvalue weighted by Crippen LogP contribution is 2.28. The molecule has 0 bridgehead atoms. The van der Waals surface area contributed by atoms with Crippen LogP contribution in [0.4, 0.5) is 13.2 Å². The molecule has 1 amide bonds. The maximum Gasteiger partial charge on any atom is 0.449 e. The number of aromatic amines is 1. The molecule has 3 rings (SSSR count). The fraction of sp³-hybridized carbons (Fsp3) is 0.222. The standard InChI is InChI=1S/C18H16F3N3O3S/c1-2-28(26,27)13-6-3-11(4-7-13)10-22-16(25)12-5-8-14-15(9-12)24-17(23-14)18(19,20)21/h3-9H,2,10H2,1H3,(H,22,25)(H,23,24). The first-order valence-corrected chi connectivity index (χ1v) is 9.92. The number of rotatable bonds is 5. The average Bonchev–Trinajstić information content (AvgIpc) is 3.10. The zero-order valence-corrected chi connectivity index (χ0v) is 15.5. The SMILES string of the molecule is CCS(=O)(=O)c1ccc(CNC(=O)c2ccc3[nH]c(C(F)(F)F)nc3c2)cc1. The zero-order chi connectivity index (χ0) is 20.5. The second-order valence-electron chi connectivity index (χ2n) is 6.05. The fourth-order valence-electron chi connectivity index (χ4n) is 2.55. The number of fused-ring (bicyclic) bond motifs is 1. The number of benzene rings is 2. The van der Waals surface area contributed by atoms with E-state index >= 15 is 0 Å². The second kappa shape index (κ2) is 7.27. The van der Waals surface area contributed by atoms with Gasteiger partial charge in [0, 0.05) is 12.1 Å². The quantitative estimate of drug-likeness (QED) is 0.674. The Balaban J connectivity index is 1.71. The number of carbonyl (C=O) groups is 1. The van der Waals surface area contributed by atoms with Gasteiger partial charge in [0.2, 0.25) is 5.82 Å². The first-order chi connectivity index (χ1) is 13.1. The van der Waals surface area contributed by atoms with Crippen molar-refractivity contribution in [2.24, 2.45) is 0 Å². The summed E-state index contributed by atoms with van der Waals surface area (Å²) in [5.74, 6) is -1.61. The van der Waals surface area contributed by atoms with Crippen molar-refractivity contribution in [3.8, 4) is 0 Å². The van der Waals surface area contributed by atoms with E-state index in [0.29, 0.717) is 5.56 Å². The van der Waals surface area contributed by atoms with Crippen LogP contribution in [0.15, 0.2) is 47.4 Å². The number of sulfone groups is 1. The Hall–Kier alpha value is -2.88. The molecular formula is C18H16F3N3O3S. The fourth-order valence-corrected chi connectivity index (χ4v) is 3.43. The highest BCUT2D eigenvalue weighted by molar-refractivity contribution is 7.91. The molecule has 148 valence electrons. The molecule has 0 spiro atoms. The maximum atomic E-state index is 12.7. The van der Waals surface area contributed by atoms with E-state index in [1.165, 1.54) is 30.3 Å². The van der Waals surface area contributed by atoms with E-state index in [1.54, 1.807) is 19.1 Å². The van der Waals surface area contributed by atoms with E-state index < -0.39 is 27.7 Å². The lowest BCUT2D eigenvalue weighted by atomic mass is 10.1. The van der Waals surface area contributed by atoms with E-state index in [4.69, 9.17) is 0 Å². The molecule has 28 heavy (non-hydrogen) atoms. The Kier molecular flexibility index (Phi) is 5.16. The highest BCUT2D eigenvalue weighted by atomic mass is 32.2. The Morgan fingerprint density at radius 3 is 2.43 bits per heavy atom. The first-order valence-electron chi connectivity index (χ1n) is 8.27. The number of nitrogens with one attached hydrogen (secondary N) is 2. The van der Waals surface area contributed by atoms with Crippen molar-refractivity contribution in [2.75, 3.05) is 5.75 Å². The predicted octanol–water partition coefficient (Wildman–Crippen LogP) is 3.31. The van der Waals surface area contributed by atoms with Gasteiger partial charge < -0.3 is 10.3 Å². The Bertz CT molecular complexity index is 1120. The summed E-state index contributed by atoms with van der Waals surface area (Å²) in [6.45, 7) is 1.69. The second-order valence-corrected chi connectivity index (χ2v) is 8.32. The van der Waals surface area contributed by atoms with Gasteiger partial charge >= 0.3 is 6.18 Å². The van der Waals surface area contributed by atoms with Gasteiger partial charge in [0.1, 0.15) is 0 Å².